The number of rotatable bonds is 5. The minimum Gasteiger partial charge on any atom is -0.450 e. The molecule has 1 aliphatic rings. The summed E-state index contributed by atoms with van der Waals surface area (Å²) < 4.78 is 30.3. The van der Waals surface area contributed by atoms with Gasteiger partial charge in [0, 0.05) is 22.5 Å². The summed E-state index contributed by atoms with van der Waals surface area (Å²) in [7, 11) is -3.39. The van der Waals surface area contributed by atoms with Gasteiger partial charge in [-0.2, -0.15) is 4.98 Å². The number of aromatic nitrogens is 4. The van der Waals surface area contributed by atoms with Crippen molar-refractivity contribution in [3.8, 4) is 0 Å². The number of esters is 1. The fourth-order valence-electron chi connectivity index (χ4n) is 3.34. The Morgan fingerprint density at radius 3 is 2.61 bits per heavy atom. The van der Waals surface area contributed by atoms with Gasteiger partial charge in [-0.3, -0.25) is 4.79 Å². The van der Waals surface area contributed by atoms with Gasteiger partial charge < -0.3 is 9.64 Å². The summed E-state index contributed by atoms with van der Waals surface area (Å²) >= 11 is 0. The van der Waals surface area contributed by atoms with Crippen LogP contribution >= 0.6 is 0 Å². The molecule has 1 aliphatic heterocycles. The summed E-state index contributed by atoms with van der Waals surface area (Å²) in [6.45, 7) is 3.00. The van der Waals surface area contributed by atoms with Gasteiger partial charge in [0.05, 0.1) is 11.8 Å². The Labute approximate surface area is 178 Å². The summed E-state index contributed by atoms with van der Waals surface area (Å²) in [6.07, 6.45) is 1.45. The van der Waals surface area contributed by atoms with E-state index in [4.69, 9.17) is 4.74 Å². The average molecular weight is 441 g/mol. The minimum atomic E-state index is -3.39. The lowest BCUT2D eigenvalue weighted by molar-refractivity contribution is -0.121. The zero-order valence-electron chi connectivity index (χ0n) is 16.8. The standard InChI is InChI=1S/C20H19N5O5S/c1-13-10-14(2)25-20(21-13)22-18(23-25)19(27)30-11-17(26)24(15-6-4-3-5-7-15)16-8-9-31(28,29)12-16/h3-10,16H,11-12H2,1-2H3/t16-/m0/s1. The zero-order valence-corrected chi connectivity index (χ0v) is 17.6. The molecule has 1 amide bonds. The van der Waals surface area contributed by atoms with Crippen LogP contribution < -0.4 is 4.90 Å². The Morgan fingerprint density at radius 1 is 1.19 bits per heavy atom. The summed E-state index contributed by atoms with van der Waals surface area (Å²) in [6, 6.07) is 9.69. The van der Waals surface area contributed by atoms with Gasteiger partial charge in [0.2, 0.25) is 0 Å². The molecule has 0 radical (unpaired) electrons. The normalized spacial score (nSPS) is 17.0. The summed E-state index contributed by atoms with van der Waals surface area (Å²) in [4.78, 5) is 34.9. The topological polar surface area (TPSA) is 124 Å². The Balaban J connectivity index is 1.52. The van der Waals surface area contributed by atoms with Gasteiger partial charge in [-0.25, -0.2) is 22.7 Å². The molecule has 0 saturated carbocycles. The van der Waals surface area contributed by atoms with Crippen molar-refractivity contribution in [3.05, 3.63) is 65.1 Å². The average Bonchev–Trinajstić information content (AvgIpc) is 3.30. The number of amides is 1. The van der Waals surface area contributed by atoms with Gasteiger partial charge in [-0.1, -0.05) is 18.2 Å². The summed E-state index contributed by atoms with van der Waals surface area (Å²) in [5.41, 5.74) is 1.97. The zero-order chi connectivity index (χ0) is 22.2. The molecular formula is C20H19N5O5S. The van der Waals surface area contributed by atoms with Crippen LogP contribution in [0.25, 0.3) is 5.78 Å². The van der Waals surface area contributed by atoms with E-state index >= 15 is 0 Å². The van der Waals surface area contributed by atoms with Gasteiger partial charge in [-0.05, 0) is 38.1 Å². The van der Waals surface area contributed by atoms with Crippen LogP contribution in [0.4, 0.5) is 5.69 Å². The van der Waals surface area contributed by atoms with Crippen molar-refractivity contribution in [2.45, 2.75) is 19.9 Å². The van der Waals surface area contributed by atoms with Crippen LogP contribution in [0, 0.1) is 13.8 Å². The monoisotopic (exact) mass is 441 g/mol. The van der Waals surface area contributed by atoms with Gasteiger partial charge in [-0.15, -0.1) is 5.10 Å². The lowest BCUT2D eigenvalue weighted by Crippen LogP contribution is -2.43. The van der Waals surface area contributed by atoms with Crippen LogP contribution in [0.1, 0.15) is 22.0 Å². The van der Waals surface area contributed by atoms with E-state index in [2.05, 4.69) is 15.1 Å². The maximum absolute atomic E-state index is 12.9. The molecule has 0 bridgehead atoms. The number of para-hydroxylation sites is 1. The molecular weight excluding hydrogens is 422 g/mol. The van der Waals surface area contributed by atoms with Crippen LogP contribution in [0.2, 0.25) is 0 Å². The first-order valence-electron chi connectivity index (χ1n) is 9.40. The Bertz CT molecular complexity index is 1300. The van der Waals surface area contributed by atoms with Crippen molar-refractivity contribution in [1.29, 1.82) is 0 Å². The third-order valence-corrected chi connectivity index (χ3v) is 6.05. The highest BCUT2D eigenvalue weighted by Gasteiger charge is 2.32. The molecule has 3 aromatic rings. The molecule has 1 atom stereocenters. The fourth-order valence-corrected chi connectivity index (χ4v) is 4.61. The lowest BCUT2D eigenvalue weighted by atomic mass is 10.2. The van der Waals surface area contributed by atoms with Gasteiger partial charge in [0.1, 0.15) is 0 Å². The van der Waals surface area contributed by atoms with Crippen molar-refractivity contribution in [3.63, 3.8) is 0 Å². The number of aryl methyl sites for hydroxylation is 2. The molecule has 3 heterocycles. The van der Waals surface area contributed by atoms with Crippen molar-refractivity contribution in [1.82, 2.24) is 19.6 Å². The Kier molecular flexibility index (Phi) is 5.27. The number of hydrogen-bond donors (Lipinski definition) is 0. The number of hydrogen-bond acceptors (Lipinski definition) is 8. The van der Waals surface area contributed by atoms with Crippen LogP contribution in [0.15, 0.2) is 47.9 Å². The van der Waals surface area contributed by atoms with E-state index in [0.29, 0.717) is 5.69 Å². The molecule has 160 valence electrons. The molecule has 11 heteroatoms. The minimum absolute atomic E-state index is 0.219. The van der Waals surface area contributed by atoms with Crippen LogP contribution in [-0.2, 0) is 19.4 Å². The second-order valence-electron chi connectivity index (χ2n) is 7.09. The molecule has 0 spiro atoms. The van der Waals surface area contributed by atoms with E-state index in [1.807, 2.05) is 0 Å². The molecule has 4 rings (SSSR count). The molecule has 0 aliphatic carbocycles. The molecule has 1 aromatic carbocycles. The first kappa shape index (κ1) is 20.7. The molecule has 0 fully saturated rings. The van der Waals surface area contributed by atoms with Gasteiger partial charge >= 0.3 is 5.97 Å². The summed E-state index contributed by atoms with van der Waals surface area (Å²) in [5, 5.41) is 5.17. The highest BCUT2D eigenvalue weighted by atomic mass is 32.2. The number of nitrogens with zero attached hydrogens (tertiary/aromatic N) is 5. The van der Waals surface area contributed by atoms with Crippen LogP contribution in [0.3, 0.4) is 0 Å². The van der Waals surface area contributed by atoms with Crippen molar-refractivity contribution < 1.29 is 22.7 Å². The van der Waals surface area contributed by atoms with E-state index < -0.39 is 34.4 Å². The highest BCUT2D eigenvalue weighted by Crippen LogP contribution is 2.23. The van der Waals surface area contributed by atoms with E-state index in [1.165, 1.54) is 15.5 Å². The van der Waals surface area contributed by atoms with E-state index in [-0.39, 0.29) is 17.4 Å². The predicted octanol–water partition coefficient (Wildman–Crippen LogP) is 1.24. The first-order chi connectivity index (χ1) is 14.7. The highest BCUT2D eigenvalue weighted by molar-refractivity contribution is 7.94. The SMILES string of the molecule is Cc1cc(C)n2nc(C(=O)OCC(=O)N(c3ccccc3)[C@H]3C=CS(=O)(=O)C3)nc2n1. The molecule has 0 saturated heterocycles. The first-order valence-corrected chi connectivity index (χ1v) is 11.1. The lowest BCUT2D eigenvalue weighted by Gasteiger charge is -2.27. The Morgan fingerprint density at radius 2 is 1.94 bits per heavy atom. The summed E-state index contributed by atoms with van der Waals surface area (Å²) in [5.74, 6) is -1.65. The third kappa shape index (κ3) is 4.31. The van der Waals surface area contributed by atoms with Crippen molar-refractivity contribution in [2.75, 3.05) is 17.3 Å². The number of sulfone groups is 1. The smallest absolute Gasteiger partial charge is 0.378 e. The van der Waals surface area contributed by atoms with Crippen LogP contribution in [-0.4, -0.2) is 58.3 Å². The molecule has 2 aromatic heterocycles. The maximum atomic E-state index is 12.9. The number of ether oxygens (including phenoxy) is 1. The number of carbonyl (C=O) groups is 2. The largest absolute Gasteiger partial charge is 0.450 e. The number of benzene rings is 1. The second kappa shape index (κ2) is 7.91. The Hall–Kier alpha value is -3.60. The van der Waals surface area contributed by atoms with Crippen molar-refractivity contribution in [2.24, 2.45) is 0 Å². The number of fused-ring (bicyclic) bond motifs is 1. The molecule has 31 heavy (non-hydrogen) atoms. The molecule has 0 N–H and O–H groups in total. The van der Waals surface area contributed by atoms with E-state index in [1.54, 1.807) is 50.2 Å². The van der Waals surface area contributed by atoms with Crippen LogP contribution in [0.5, 0.6) is 0 Å². The number of carbonyl (C=O) groups excluding carboxylic acids is 2. The second-order valence-corrected chi connectivity index (χ2v) is 9.02. The third-order valence-electron chi connectivity index (χ3n) is 4.67. The maximum Gasteiger partial charge on any atom is 0.378 e. The molecule has 0 unspecified atom stereocenters. The fraction of sp³-hybridized carbons (Fsp3) is 0.250. The quantitative estimate of drug-likeness (QED) is 0.542. The van der Waals surface area contributed by atoms with E-state index in [9.17, 15) is 18.0 Å². The predicted molar refractivity (Wildman–Crippen MR) is 111 cm³/mol. The van der Waals surface area contributed by atoms with E-state index in [0.717, 1.165) is 16.8 Å². The van der Waals surface area contributed by atoms with Crippen molar-refractivity contribution >= 4 is 33.2 Å². The van der Waals surface area contributed by atoms with Gasteiger partial charge in [0.15, 0.2) is 16.4 Å². The number of anilines is 1. The molecule has 10 nitrogen and oxygen atoms in total. The van der Waals surface area contributed by atoms with Gasteiger partial charge in [0.25, 0.3) is 17.5 Å².